The molecule has 0 aliphatic heterocycles. The maximum Gasteiger partial charge on any atom is 0.420 e. The number of hydrogen-bond acceptors (Lipinski definition) is 4. The fraction of sp³-hybridized carbons (Fsp3) is 0.235. The maximum atomic E-state index is 11.9. The summed E-state index contributed by atoms with van der Waals surface area (Å²) in [6, 6.07) is 14.8. The SMILES string of the molecule is CCOc1ccccc1OCCn1c(=O)oc2ccccc21. The zero-order chi connectivity index (χ0) is 15.4. The molecule has 0 saturated carbocycles. The molecule has 0 amide bonds. The van der Waals surface area contributed by atoms with Crippen molar-refractivity contribution < 1.29 is 13.9 Å². The van der Waals surface area contributed by atoms with Crippen LogP contribution in [0.25, 0.3) is 11.1 Å². The number of ether oxygens (including phenoxy) is 2. The van der Waals surface area contributed by atoms with Gasteiger partial charge in [-0.2, -0.15) is 0 Å². The van der Waals surface area contributed by atoms with Gasteiger partial charge >= 0.3 is 5.76 Å². The van der Waals surface area contributed by atoms with Gasteiger partial charge in [-0.3, -0.25) is 4.57 Å². The van der Waals surface area contributed by atoms with Crippen LogP contribution in [-0.2, 0) is 6.54 Å². The molecule has 22 heavy (non-hydrogen) atoms. The van der Waals surface area contributed by atoms with Crippen molar-refractivity contribution in [1.82, 2.24) is 4.57 Å². The van der Waals surface area contributed by atoms with Crippen LogP contribution >= 0.6 is 0 Å². The summed E-state index contributed by atoms with van der Waals surface area (Å²) in [4.78, 5) is 11.9. The fourth-order valence-electron chi connectivity index (χ4n) is 2.32. The summed E-state index contributed by atoms with van der Waals surface area (Å²) >= 11 is 0. The molecule has 3 rings (SSSR count). The fourth-order valence-corrected chi connectivity index (χ4v) is 2.32. The normalized spacial score (nSPS) is 10.8. The van der Waals surface area contributed by atoms with Crippen LogP contribution < -0.4 is 15.2 Å². The maximum absolute atomic E-state index is 11.9. The largest absolute Gasteiger partial charge is 0.490 e. The van der Waals surface area contributed by atoms with E-state index in [1.54, 1.807) is 10.6 Å². The summed E-state index contributed by atoms with van der Waals surface area (Å²) in [6.07, 6.45) is 0. The Morgan fingerprint density at radius 2 is 1.68 bits per heavy atom. The monoisotopic (exact) mass is 299 g/mol. The van der Waals surface area contributed by atoms with Crippen LogP contribution in [0.4, 0.5) is 0 Å². The lowest BCUT2D eigenvalue weighted by molar-refractivity contribution is 0.264. The Bertz CT molecular complexity index is 819. The van der Waals surface area contributed by atoms with Crippen LogP contribution in [0.15, 0.2) is 57.7 Å². The molecule has 0 saturated heterocycles. The van der Waals surface area contributed by atoms with Crippen molar-refractivity contribution in [3.8, 4) is 11.5 Å². The molecule has 1 heterocycles. The molecule has 114 valence electrons. The predicted molar refractivity (Wildman–Crippen MR) is 83.6 cm³/mol. The molecule has 2 aromatic carbocycles. The number of benzene rings is 2. The lowest BCUT2D eigenvalue weighted by Crippen LogP contribution is -2.18. The van der Waals surface area contributed by atoms with E-state index in [1.807, 2.05) is 49.4 Å². The Kier molecular flexibility index (Phi) is 4.14. The van der Waals surface area contributed by atoms with E-state index in [0.29, 0.717) is 36.8 Å². The molecule has 0 spiro atoms. The van der Waals surface area contributed by atoms with Crippen LogP contribution in [0.1, 0.15) is 6.92 Å². The number of oxazole rings is 1. The minimum Gasteiger partial charge on any atom is -0.490 e. The topological polar surface area (TPSA) is 53.6 Å². The zero-order valence-electron chi connectivity index (χ0n) is 12.3. The third-order valence-corrected chi connectivity index (χ3v) is 3.30. The minimum atomic E-state index is -0.372. The quantitative estimate of drug-likeness (QED) is 0.702. The van der Waals surface area contributed by atoms with Crippen molar-refractivity contribution in [2.45, 2.75) is 13.5 Å². The van der Waals surface area contributed by atoms with Gasteiger partial charge in [-0.05, 0) is 31.2 Å². The molecule has 0 atom stereocenters. The average molecular weight is 299 g/mol. The third-order valence-electron chi connectivity index (χ3n) is 3.30. The second-order valence-corrected chi connectivity index (χ2v) is 4.72. The van der Waals surface area contributed by atoms with E-state index in [4.69, 9.17) is 13.9 Å². The van der Waals surface area contributed by atoms with Gasteiger partial charge in [0.2, 0.25) is 0 Å². The molecular weight excluding hydrogens is 282 g/mol. The van der Waals surface area contributed by atoms with E-state index in [9.17, 15) is 4.79 Å². The van der Waals surface area contributed by atoms with Gasteiger partial charge in [-0.1, -0.05) is 24.3 Å². The van der Waals surface area contributed by atoms with Gasteiger partial charge in [-0.15, -0.1) is 0 Å². The average Bonchev–Trinajstić information content (AvgIpc) is 2.85. The Hall–Kier alpha value is -2.69. The summed E-state index contributed by atoms with van der Waals surface area (Å²) in [5.74, 6) is 1.00. The van der Waals surface area contributed by atoms with Crippen molar-refractivity contribution >= 4 is 11.1 Å². The van der Waals surface area contributed by atoms with Crippen LogP contribution in [-0.4, -0.2) is 17.8 Å². The molecule has 0 radical (unpaired) electrons. The first-order valence-corrected chi connectivity index (χ1v) is 7.22. The molecule has 0 fully saturated rings. The molecule has 0 unspecified atom stereocenters. The molecule has 0 aliphatic carbocycles. The molecule has 0 bridgehead atoms. The van der Waals surface area contributed by atoms with E-state index in [2.05, 4.69) is 0 Å². The highest BCUT2D eigenvalue weighted by Gasteiger charge is 2.09. The molecule has 0 aliphatic rings. The summed E-state index contributed by atoms with van der Waals surface area (Å²) in [5, 5.41) is 0. The summed E-state index contributed by atoms with van der Waals surface area (Å²) in [6.45, 7) is 3.27. The highest BCUT2D eigenvalue weighted by atomic mass is 16.5. The standard InChI is InChI=1S/C17H17NO4/c1-2-20-15-9-5-6-10-16(15)21-12-11-18-13-7-3-4-8-14(13)22-17(18)19/h3-10H,2,11-12H2,1H3. The Labute approximate surface area is 127 Å². The van der Waals surface area contributed by atoms with E-state index in [0.717, 1.165) is 5.52 Å². The van der Waals surface area contributed by atoms with E-state index >= 15 is 0 Å². The smallest absolute Gasteiger partial charge is 0.420 e. The molecule has 3 aromatic rings. The van der Waals surface area contributed by atoms with Crippen molar-refractivity contribution in [2.75, 3.05) is 13.2 Å². The van der Waals surface area contributed by atoms with Gasteiger partial charge in [0.05, 0.1) is 18.7 Å². The summed E-state index contributed by atoms with van der Waals surface area (Å²) in [5.41, 5.74) is 1.36. The van der Waals surface area contributed by atoms with E-state index < -0.39 is 0 Å². The Morgan fingerprint density at radius 1 is 1.00 bits per heavy atom. The van der Waals surface area contributed by atoms with Crippen molar-refractivity contribution in [3.05, 3.63) is 59.1 Å². The van der Waals surface area contributed by atoms with Gasteiger partial charge < -0.3 is 13.9 Å². The Balaban J connectivity index is 1.73. The van der Waals surface area contributed by atoms with E-state index in [1.165, 1.54) is 0 Å². The minimum absolute atomic E-state index is 0.355. The Morgan fingerprint density at radius 3 is 2.45 bits per heavy atom. The van der Waals surface area contributed by atoms with Crippen LogP contribution in [0.3, 0.4) is 0 Å². The van der Waals surface area contributed by atoms with Crippen molar-refractivity contribution in [3.63, 3.8) is 0 Å². The number of fused-ring (bicyclic) bond motifs is 1. The van der Waals surface area contributed by atoms with Crippen LogP contribution in [0.2, 0.25) is 0 Å². The lowest BCUT2D eigenvalue weighted by atomic mass is 10.3. The highest BCUT2D eigenvalue weighted by Crippen LogP contribution is 2.26. The first-order chi connectivity index (χ1) is 10.8. The van der Waals surface area contributed by atoms with Gasteiger partial charge in [0.1, 0.15) is 6.61 Å². The summed E-state index contributed by atoms with van der Waals surface area (Å²) in [7, 11) is 0. The highest BCUT2D eigenvalue weighted by molar-refractivity contribution is 5.72. The van der Waals surface area contributed by atoms with Gasteiger partial charge in [-0.25, -0.2) is 4.79 Å². The summed E-state index contributed by atoms with van der Waals surface area (Å²) < 4.78 is 18.0. The molecule has 5 nitrogen and oxygen atoms in total. The molecular formula is C17H17NO4. The van der Waals surface area contributed by atoms with Crippen LogP contribution in [0.5, 0.6) is 11.5 Å². The molecule has 1 aromatic heterocycles. The van der Waals surface area contributed by atoms with Gasteiger partial charge in [0, 0.05) is 0 Å². The van der Waals surface area contributed by atoms with E-state index in [-0.39, 0.29) is 5.76 Å². The second kappa shape index (κ2) is 6.39. The van der Waals surface area contributed by atoms with Crippen LogP contribution in [0, 0.1) is 0 Å². The first kappa shape index (κ1) is 14.3. The van der Waals surface area contributed by atoms with Gasteiger partial charge in [0.25, 0.3) is 0 Å². The second-order valence-electron chi connectivity index (χ2n) is 4.72. The molecule has 0 N–H and O–H groups in total. The number of aromatic nitrogens is 1. The van der Waals surface area contributed by atoms with Gasteiger partial charge in [0.15, 0.2) is 17.1 Å². The first-order valence-electron chi connectivity index (χ1n) is 7.22. The zero-order valence-corrected chi connectivity index (χ0v) is 12.3. The van der Waals surface area contributed by atoms with Crippen molar-refractivity contribution in [1.29, 1.82) is 0 Å². The number of nitrogens with zero attached hydrogens (tertiary/aromatic N) is 1. The lowest BCUT2D eigenvalue weighted by Gasteiger charge is -2.11. The number of hydrogen-bond donors (Lipinski definition) is 0. The molecule has 5 heteroatoms. The van der Waals surface area contributed by atoms with Crippen molar-refractivity contribution in [2.24, 2.45) is 0 Å². The third kappa shape index (κ3) is 2.83. The predicted octanol–water partition coefficient (Wildman–Crippen LogP) is 3.07. The number of para-hydroxylation sites is 4. The number of rotatable bonds is 6.